The van der Waals surface area contributed by atoms with Crippen LogP contribution in [0.25, 0.3) is 16.6 Å². The van der Waals surface area contributed by atoms with Crippen molar-refractivity contribution in [3.63, 3.8) is 0 Å². The molecule has 1 unspecified atom stereocenters. The zero-order valence-electron chi connectivity index (χ0n) is 18.6. The maximum absolute atomic E-state index is 13.3. The second-order valence-electron chi connectivity index (χ2n) is 6.81. The molecule has 8 heteroatoms. The molecule has 4 aromatic rings. The van der Waals surface area contributed by atoms with Crippen LogP contribution in [0.2, 0.25) is 0 Å². The van der Waals surface area contributed by atoms with Crippen molar-refractivity contribution in [2.45, 2.75) is 33.2 Å². The van der Waals surface area contributed by atoms with Gasteiger partial charge in [0.05, 0.1) is 35.2 Å². The Labute approximate surface area is 186 Å². The van der Waals surface area contributed by atoms with Gasteiger partial charge in [-0.15, -0.1) is 0 Å². The van der Waals surface area contributed by atoms with E-state index >= 15 is 0 Å². The number of aromatic nitrogens is 4. The lowest BCUT2D eigenvalue weighted by atomic mass is 10.0. The van der Waals surface area contributed by atoms with Crippen molar-refractivity contribution >= 4 is 22.6 Å². The number of anilines is 1. The van der Waals surface area contributed by atoms with Crippen LogP contribution < -0.4 is 10.6 Å². The number of carbonyl (C=O) groups excluding carboxylic acids is 1. The Hall–Kier alpha value is -3.81. The molecule has 4 rings (SSSR count). The first-order valence-corrected chi connectivity index (χ1v) is 10.6. The number of halogens is 1. The highest BCUT2D eigenvalue weighted by molar-refractivity contribution is 6.06. The predicted octanol–water partition coefficient (Wildman–Crippen LogP) is 4.90. The van der Waals surface area contributed by atoms with Crippen LogP contribution in [0, 0.1) is 5.82 Å². The van der Waals surface area contributed by atoms with Crippen molar-refractivity contribution < 1.29 is 9.18 Å². The standard InChI is InChI=1S/C22H21FN6O.C2H6/c1-3-19(14-8-9-26-21(10-14)24-2)28-22(30)18-11-25-13-20-17(18)12-27-29(20)16-6-4-15(23)5-7-16;1-2/h4-13,19H,3H2,1-2H3,(H,24,26)(H,28,30);1-2H3. The first-order valence-electron chi connectivity index (χ1n) is 10.6. The molecule has 0 radical (unpaired) electrons. The summed E-state index contributed by atoms with van der Waals surface area (Å²) in [6, 6.07) is 9.63. The number of amides is 1. The lowest BCUT2D eigenvalue weighted by Gasteiger charge is -2.18. The van der Waals surface area contributed by atoms with Crippen LogP contribution in [-0.2, 0) is 0 Å². The average Bonchev–Trinajstić information content (AvgIpc) is 3.28. The fourth-order valence-corrected chi connectivity index (χ4v) is 3.37. The summed E-state index contributed by atoms with van der Waals surface area (Å²) in [7, 11) is 1.80. The third kappa shape index (κ3) is 4.74. The molecular weight excluding hydrogens is 407 g/mol. The van der Waals surface area contributed by atoms with Crippen LogP contribution in [0.1, 0.15) is 49.2 Å². The minimum Gasteiger partial charge on any atom is -0.373 e. The SMILES string of the molecule is CC.CCC(NC(=O)c1cncc2c1cnn2-c1ccc(F)cc1)c1ccnc(NC)c1. The van der Waals surface area contributed by atoms with Crippen molar-refractivity contribution in [3.05, 3.63) is 78.1 Å². The van der Waals surface area contributed by atoms with Crippen LogP contribution in [-0.4, -0.2) is 32.7 Å². The summed E-state index contributed by atoms with van der Waals surface area (Å²) >= 11 is 0. The molecule has 0 aliphatic rings. The first kappa shape index (κ1) is 22.9. The molecular formula is C24H27FN6O. The Morgan fingerprint density at radius 3 is 2.56 bits per heavy atom. The molecule has 0 saturated carbocycles. The average molecular weight is 435 g/mol. The van der Waals surface area contributed by atoms with Gasteiger partial charge in [-0.2, -0.15) is 5.10 Å². The molecule has 1 aromatic carbocycles. The van der Waals surface area contributed by atoms with Gasteiger partial charge in [0, 0.05) is 24.8 Å². The normalized spacial score (nSPS) is 11.4. The number of rotatable bonds is 6. The van der Waals surface area contributed by atoms with E-state index in [1.54, 1.807) is 42.5 Å². The minimum absolute atomic E-state index is 0.171. The fraction of sp³-hybridized carbons (Fsp3) is 0.250. The number of nitrogens with zero attached hydrogens (tertiary/aromatic N) is 4. The molecule has 7 nitrogen and oxygen atoms in total. The summed E-state index contributed by atoms with van der Waals surface area (Å²) in [4.78, 5) is 21.5. The van der Waals surface area contributed by atoms with Gasteiger partial charge in [0.1, 0.15) is 11.6 Å². The summed E-state index contributed by atoms with van der Waals surface area (Å²) in [6.07, 6.45) is 7.23. The van der Waals surface area contributed by atoms with E-state index in [9.17, 15) is 9.18 Å². The van der Waals surface area contributed by atoms with Gasteiger partial charge in [-0.1, -0.05) is 20.8 Å². The van der Waals surface area contributed by atoms with Crippen LogP contribution in [0.4, 0.5) is 10.2 Å². The van der Waals surface area contributed by atoms with Crippen LogP contribution in [0.15, 0.2) is 61.2 Å². The number of nitrogens with one attached hydrogen (secondary N) is 2. The molecule has 2 N–H and O–H groups in total. The number of carbonyl (C=O) groups is 1. The van der Waals surface area contributed by atoms with Crippen molar-refractivity contribution in [3.8, 4) is 5.69 Å². The zero-order valence-corrected chi connectivity index (χ0v) is 18.6. The lowest BCUT2D eigenvalue weighted by Crippen LogP contribution is -2.28. The van der Waals surface area contributed by atoms with Gasteiger partial charge >= 0.3 is 0 Å². The van der Waals surface area contributed by atoms with E-state index in [-0.39, 0.29) is 17.8 Å². The van der Waals surface area contributed by atoms with Crippen LogP contribution >= 0.6 is 0 Å². The molecule has 1 amide bonds. The van der Waals surface area contributed by atoms with E-state index in [1.807, 2.05) is 32.9 Å². The highest BCUT2D eigenvalue weighted by atomic mass is 19.1. The van der Waals surface area contributed by atoms with Gasteiger partial charge in [-0.05, 0) is 48.4 Å². The summed E-state index contributed by atoms with van der Waals surface area (Å²) in [5, 5.41) is 11.1. The smallest absolute Gasteiger partial charge is 0.254 e. The number of hydrogen-bond acceptors (Lipinski definition) is 5. The molecule has 0 aliphatic carbocycles. The van der Waals surface area contributed by atoms with E-state index in [0.29, 0.717) is 22.2 Å². The Morgan fingerprint density at radius 2 is 1.88 bits per heavy atom. The van der Waals surface area contributed by atoms with Crippen molar-refractivity contribution in [2.24, 2.45) is 0 Å². The zero-order chi connectivity index (χ0) is 23.1. The minimum atomic E-state index is -0.323. The van der Waals surface area contributed by atoms with Crippen molar-refractivity contribution in [1.82, 2.24) is 25.1 Å². The van der Waals surface area contributed by atoms with Crippen molar-refractivity contribution in [1.29, 1.82) is 0 Å². The molecule has 0 bridgehead atoms. The van der Waals surface area contributed by atoms with E-state index in [0.717, 1.165) is 17.8 Å². The molecule has 0 saturated heterocycles. The fourth-order valence-electron chi connectivity index (χ4n) is 3.37. The quantitative estimate of drug-likeness (QED) is 0.451. The van der Waals surface area contributed by atoms with Gasteiger partial charge in [-0.25, -0.2) is 14.1 Å². The summed E-state index contributed by atoms with van der Waals surface area (Å²) in [5.74, 6) is 0.183. The van der Waals surface area contributed by atoms with Crippen molar-refractivity contribution in [2.75, 3.05) is 12.4 Å². The molecule has 166 valence electrons. The van der Waals surface area contributed by atoms with E-state index in [4.69, 9.17) is 0 Å². The molecule has 3 heterocycles. The molecule has 1 atom stereocenters. The van der Waals surface area contributed by atoms with Gasteiger partial charge in [0.25, 0.3) is 5.91 Å². The third-order valence-corrected chi connectivity index (χ3v) is 4.97. The third-order valence-electron chi connectivity index (χ3n) is 4.97. The second-order valence-corrected chi connectivity index (χ2v) is 6.81. The van der Waals surface area contributed by atoms with Gasteiger partial charge in [-0.3, -0.25) is 9.78 Å². The maximum Gasteiger partial charge on any atom is 0.254 e. The first-order chi connectivity index (χ1) is 15.6. The van der Waals surface area contributed by atoms with Gasteiger partial charge in [0.2, 0.25) is 0 Å². The summed E-state index contributed by atoms with van der Waals surface area (Å²) in [5.41, 5.74) is 2.76. The topological polar surface area (TPSA) is 84.7 Å². The number of hydrogen-bond donors (Lipinski definition) is 2. The van der Waals surface area contributed by atoms with E-state index in [2.05, 4.69) is 25.7 Å². The highest BCUT2D eigenvalue weighted by Crippen LogP contribution is 2.23. The van der Waals surface area contributed by atoms with Crippen LogP contribution in [0.5, 0.6) is 0 Å². The predicted molar refractivity (Wildman–Crippen MR) is 124 cm³/mol. The molecule has 0 aliphatic heterocycles. The largest absolute Gasteiger partial charge is 0.373 e. The van der Waals surface area contributed by atoms with Gasteiger partial charge in [0.15, 0.2) is 0 Å². The maximum atomic E-state index is 13.3. The number of pyridine rings is 2. The van der Waals surface area contributed by atoms with E-state index in [1.165, 1.54) is 18.3 Å². The Bertz CT molecular complexity index is 1190. The van der Waals surface area contributed by atoms with Gasteiger partial charge < -0.3 is 10.6 Å². The molecule has 0 fully saturated rings. The monoisotopic (exact) mass is 434 g/mol. The Balaban J connectivity index is 0.00000141. The summed E-state index contributed by atoms with van der Waals surface area (Å²) in [6.45, 7) is 6.01. The summed E-state index contributed by atoms with van der Waals surface area (Å²) < 4.78 is 14.9. The molecule has 32 heavy (non-hydrogen) atoms. The number of benzene rings is 1. The van der Waals surface area contributed by atoms with E-state index < -0.39 is 0 Å². The van der Waals surface area contributed by atoms with Crippen LogP contribution in [0.3, 0.4) is 0 Å². The Kier molecular flexibility index (Phi) is 7.49. The highest BCUT2D eigenvalue weighted by Gasteiger charge is 2.19. The molecule has 3 aromatic heterocycles. The number of fused-ring (bicyclic) bond motifs is 1. The lowest BCUT2D eigenvalue weighted by molar-refractivity contribution is 0.0937. The molecule has 0 spiro atoms. The second kappa shape index (κ2) is 10.5. The Morgan fingerprint density at radius 1 is 1.12 bits per heavy atom.